The van der Waals surface area contributed by atoms with E-state index in [-0.39, 0.29) is 40.5 Å². The molecular weight excluding hydrogens is 414 g/mol. The van der Waals surface area contributed by atoms with E-state index in [9.17, 15) is 23.1 Å². The maximum Gasteiger partial charge on any atom is 0.433 e. The molecule has 0 radical (unpaired) electrons. The molecule has 1 unspecified atom stereocenters. The van der Waals surface area contributed by atoms with Crippen LogP contribution in [0.1, 0.15) is 12.1 Å². The quantitative estimate of drug-likeness (QED) is 0.633. The normalized spacial score (nSPS) is 17.3. The second kappa shape index (κ2) is 7.00. The van der Waals surface area contributed by atoms with Crippen LogP contribution in [0.15, 0.2) is 41.2 Å². The van der Waals surface area contributed by atoms with Crippen LogP contribution in [0.25, 0.3) is 16.7 Å². The molecule has 5 nitrogen and oxygen atoms in total. The van der Waals surface area contributed by atoms with Crippen molar-refractivity contribution in [2.24, 2.45) is 0 Å². The number of alkyl halides is 3. The van der Waals surface area contributed by atoms with Gasteiger partial charge in [-0.05, 0) is 30.7 Å². The van der Waals surface area contributed by atoms with Crippen LogP contribution < -0.4 is 10.5 Å². The highest BCUT2D eigenvalue weighted by molar-refractivity contribution is 6.32. The van der Waals surface area contributed by atoms with Gasteiger partial charge >= 0.3 is 6.18 Å². The van der Waals surface area contributed by atoms with Crippen molar-refractivity contribution in [3.63, 3.8) is 0 Å². The largest absolute Gasteiger partial charge is 0.433 e. The summed E-state index contributed by atoms with van der Waals surface area (Å²) in [7, 11) is 0. The Morgan fingerprint density at radius 3 is 2.52 bits per heavy atom. The number of aliphatic hydroxyl groups is 1. The van der Waals surface area contributed by atoms with Crippen molar-refractivity contribution in [2.75, 3.05) is 18.0 Å². The van der Waals surface area contributed by atoms with Crippen LogP contribution in [0.3, 0.4) is 0 Å². The minimum absolute atomic E-state index is 0.0166. The summed E-state index contributed by atoms with van der Waals surface area (Å²) in [5.41, 5.74) is -2.91. The molecule has 0 aliphatic carbocycles. The number of nitrogens with zero attached hydrogens (tertiary/aromatic N) is 3. The van der Waals surface area contributed by atoms with E-state index in [1.807, 2.05) is 0 Å². The first kappa shape index (κ1) is 19.7. The first-order chi connectivity index (χ1) is 13.7. The number of hydrogen-bond acceptors (Lipinski definition) is 4. The molecule has 1 aliphatic heterocycles. The summed E-state index contributed by atoms with van der Waals surface area (Å²) in [4.78, 5) is 18.0. The van der Waals surface area contributed by atoms with E-state index >= 15 is 4.39 Å². The number of benzene rings is 1. The number of para-hydroxylation sites is 1. The van der Waals surface area contributed by atoms with Gasteiger partial charge in [-0.2, -0.15) is 17.6 Å². The summed E-state index contributed by atoms with van der Waals surface area (Å²) >= 11 is 6.12. The van der Waals surface area contributed by atoms with Gasteiger partial charge in [0.1, 0.15) is 11.3 Å². The van der Waals surface area contributed by atoms with Crippen LogP contribution in [-0.2, 0) is 6.18 Å². The van der Waals surface area contributed by atoms with E-state index < -0.39 is 29.4 Å². The Bertz CT molecular complexity index is 1160. The van der Waals surface area contributed by atoms with Crippen LogP contribution in [0, 0.1) is 5.82 Å². The Hall–Kier alpha value is -2.65. The van der Waals surface area contributed by atoms with E-state index in [1.54, 1.807) is 6.07 Å². The third kappa shape index (κ3) is 3.34. The van der Waals surface area contributed by atoms with Gasteiger partial charge in [0, 0.05) is 18.5 Å². The van der Waals surface area contributed by atoms with Gasteiger partial charge in [0.05, 0.1) is 22.5 Å². The minimum Gasteiger partial charge on any atom is -0.391 e. The highest BCUT2D eigenvalue weighted by Gasteiger charge is 2.34. The van der Waals surface area contributed by atoms with Gasteiger partial charge in [-0.1, -0.05) is 23.7 Å². The van der Waals surface area contributed by atoms with Crippen molar-refractivity contribution < 1.29 is 22.7 Å². The average Bonchev–Trinajstić information content (AvgIpc) is 3.09. The van der Waals surface area contributed by atoms with Crippen molar-refractivity contribution in [1.82, 2.24) is 9.55 Å². The summed E-state index contributed by atoms with van der Waals surface area (Å²) in [6.07, 6.45) is -5.13. The van der Waals surface area contributed by atoms with E-state index in [2.05, 4.69) is 4.98 Å². The number of pyridine rings is 2. The molecule has 152 valence electrons. The molecule has 1 saturated heterocycles. The van der Waals surface area contributed by atoms with E-state index in [1.165, 1.54) is 23.1 Å². The SMILES string of the molecule is O=c1c(F)c(N2CCC(O)C2)c2ccc(C(F)(F)F)nc2n1-c1ccccc1Cl. The average molecular weight is 428 g/mol. The molecular formula is C19H14ClF4N3O2. The fourth-order valence-electron chi connectivity index (χ4n) is 3.49. The van der Waals surface area contributed by atoms with Gasteiger partial charge < -0.3 is 10.0 Å². The van der Waals surface area contributed by atoms with E-state index in [4.69, 9.17) is 11.6 Å². The standard InChI is InChI=1S/C19H14ClF4N3O2/c20-12-3-1-2-4-13(12)27-17-11(5-6-14(25-17)19(22,23)24)16(15(21)18(27)29)26-8-7-10(28)9-26/h1-6,10,28H,7-9H2. The molecule has 0 amide bonds. The molecule has 2 aromatic heterocycles. The molecule has 1 aromatic carbocycles. The summed E-state index contributed by atoms with van der Waals surface area (Å²) in [5, 5.41) is 9.86. The number of β-amino-alcohol motifs (C(OH)–C–C–N with tert-alkyl or cyclic N) is 1. The van der Waals surface area contributed by atoms with E-state index in [0.29, 0.717) is 6.42 Å². The number of anilines is 1. The van der Waals surface area contributed by atoms with Gasteiger partial charge in [0.25, 0.3) is 5.56 Å². The highest BCUT2D eigenvalue weighted by atomic mass is 35.5. The number of fused-ring (bicyclic) bond motifs is 1. The third-order valence-corrected chi connectivity index (χ3v) is 5.12. The number of aromatic nitrogens is 2. The number of rotatable bonds is 2. The molecule has 4 rings (SSSR count). The zero-order valence-electron chi connectivity index (χ0n) is 14.7. The Balaban J connectivity index is 2.11. The van der Waals surface area contributed by atoms with Crippen molar-refractivity contribution in [3.05, 3.63) is 63.3 Å². The Morgan fingerprint density at radius 1 is 1.17 bits per heavy atom. The third-order valence-electron chi connectivity index (χ3n) is 4.80. The van der Waals surface area contributed by atoms with Gasteiger partial charge in [0.2, 0.25) is 5.82 Å². The summed E-state index contributed by atoms with van der Waals surface area (Å²) in [6, 6.07) is 7.75. The smallest absolute Gasteiger partial charge is 0.391 e. The molecule has 3 heterocycles. The van der Waals surface area contributed by atoms with Gasteiger partial charge in [-0.25, -0.2) is 4.98 Å². The molecule has 1 aliphatic rings. The molecule has 1 fully saturated rings. The topological polar surface area (TPSA) is 58.4 Å². The molecule has 3 aromatic rings. The molecule has 0 spiro atoms. The molecule has 1 atom stereocenters. The molecule has 1 N–H and O–H groups in total. The van der Waals surface area contributed by atoms with Gasteiger partial charge in [0.15, 0.2) is 0 Å². The fourth-order valence-corrected chi connectivity index (χ4v) is 3.71. The van der Waals surface area contributed by atoms with Crippen LogP contribution in [-0.4, -0.2) is 33.9 Å². The second-order valence-corrected chi connectivity index (χ2v) is 7.12. The zero-order valence-corrected chi connectivity index (χ0v) is 15.5. The fraction of sp³-hybridized carbons (Fsp3) is 0.263. The number of hydrogen-bond donors (Lipinski definition) is 1. The summed E-state index contributed by atoms with van der Waals surface area (Å²) in [6.45, 7) is 0.312. The van der Waals surface area contributed by atoms with Crippen LogP contribution in [0.2, 0.25) is 5.02 Å². The van der Waals surface area contributed by atoms with Crippen LogP contribution in [0.4, 0.5) is 23.2 Å². The second-order valence-electron chi connectivity index (χ2n) is 6.71. The van der Waals surface area contributed by atoms with Crippen molar-refractivity contribution in [1.29, 1.82) is 0 Å². The molecule has 29 heavy (non-hydrogen) atoms. The maximum atomic E-state index is 15.2. The number of halogens is 5. The first-order valence-corrected chi connectivity index (χ1v) is 9.06. The van der Waals surface area contributed by atoms with Crippen molar-refractivity contribution >= 4 is 28.3 Å². The lowest BCUT2D eigenvalue weighted by Crippen LogP contribution is -2.30. The van der Waals surface area contributed by atoms with Crippen LogP contribution in [0.5, 0.6) is 0 Å². The van der Waals surface area contributed by atoms with Gasteiger partial charge in [-0.3, -0.25) is 9.36 Å². The molecule has 0 bridgehead atoms. The van der Waals surface area contributed by atoms with Crippen LogP contribution >= 0.6 is 11.6 Å². The summed E-state index contributed by atoms with van der Waals surface area (Å²) < 4.78 is 55.7. The highest BCUT2D eigenvalue weighted by Crippen LogP contribution is 2.35. The Kier molecular flexibility index (Phi) is 4.74. The van der Waals surface area contributed by atoms with E-state index in [0.717, 1.165) is 16.7 Å². The maximum absolute atomic E-state index is 15.2. The lowest BCUT2D eigenvalue weighted by atomic mass is 10.1. The monoisotopic (exact) mass is 427 g/mol. The molecule has 10 heteroatoms. The molecule has 0 saturated carbocycles. The Labute approximate surface area is 166 Å². The van der Waals surface area contributed by atoms with Crippen molar-refractivity contribution in [2.45, 2.75) is 18.7 Å². The lowest BCUT2D eigenvalue weighted by Gasteiger charge is -2.23. The predicted molar refractivity (Wildman–Crippen MR) is 100 cm³/mol. The lowest BCUT2D eigenvalue weighted by molar-refractivity contribution is -0.141. The number of aliphatic hydroxyl groups excluding tert-OH is 1. The first-order valence-electron chi connectivity index (χ1n) is 8.69. The summed E-state index contributed by atoms with van der Waals surface area (Å²) in [5.74, 6) is -1.15. The zero-order chi connectivity index (χ0) is 20.9. The Morgan fingerprint density at radius 2 is 1.90 bits per heavy atom. The minimum atomic E-state index is -4.76. The predicted octanol–water partition coefficient (Wildman–Crippen LogP) is 3.77. The van der Waals surface area contributed by atoms with Gasteiger partial charge in [-0.15, -0.1) is 0 Å². The van der Waals surface area contributed by atoms with Crippen molar-refractivity contribution in [3.8, 4) is 5.69 Å².